The van der Waals surface area contributed by atoms with Gasteiger partial charge in [0.1, 0.15) is 0 Å². The molecule has 0 radical (unpaired) electrons. The van der Waals surface area contributed by atoms with Gasteiger partial charge in [0.15, 0.2) is 0 Å². The molecule has 122 valence electrons. The maximum Gasteiger partial charge on any atom is 0.416 e. The highest BCUT2D eigenvalue weighted by atomic mass is 19.4. The maximum atomic E-state index is 12.5. The first-order valence-corrected chi connectivity index (χ1v) is 7.47. The lowest BCUT2D eigenvalue weighted by atomic mass is 9.90. The number of alkyl halides is 3. The highest BCUT2D eigenvalue weighted by molar-refractivity contribution is 5.69. The van der Waals surface area contributed by atoms with Gasteiger partial charge in [-0.05, 0) is 42.2 Å². The molecule has 1 unspecified atom stereocenters. The summed E-state index contributed by atoms with van der Waals surface area (Å²) in [4.78, 5) is 0. The van der Waals surface area contributed by atoms with E-state index in [-0.39, 0.29) is 5.54 Å². The first-order chi connectivity index (χ1) is 10.7. The fourth-order valence-corrected chi connectivity index (χ4v) is 2.15. The third-order valence-electron chi connectivity index (χ3n) is 4.01. The minimum absolute atomic E-state index is 0.352. The monoisotopic (exact) mass is 319 g/mol. The van der Waals surface area contributed by atoms with E-state index in [1.165, 1.54) is 12.1 Å². The first-order valence-electron chi connectivity index (χ1n) is 7.47. The Morgan fingerprint density at radius 3 is 1.57 bits per heavy atom. The lowest BCUT2D eigenvalue weighted by Gasteiger charge is -2.23. The predicted octanol–water partition coefficient (Wildman–Crippen LogP) is 5.46. The van der Waals surface area contributed by atoms with Crippen LogP contribution in [0, 0.1) is 0 Å². The molecule has 0 aliphatic carbocycles. The van der Waals surface area contributed by atoms with Gasteiger partial charge in [0.05, 0.1) is 5.56 Å². The van der Waals surface area contributed by atoms with Gasteiger partial charge in [-0.1, -0.05) is 55.5 Å². The molecule has 1 nitrogen and oxygen atoms in total. The third-order valence-corrected chi connectivity index (χ3v) is 4.01. The Morgan fingerprint density at radius 2 is 1.22 bits per heavy atom. The van der Waals surface area contributed by atoms with Gasteiger partial charge < -0.3 is 5.73 Å². The van der Waals surface area contributed by atoms with Crippen molar-refractivity contribution >= 4 is 12.2 Å². The van der Waals surface area contributed by atoms with Gasteiger partial charge >= 0.3 is 6.18 Å². The summed E-state index contributed by atoms with van der Waals surface area (Å²) in [5, 5.41) is 0. The molecule has 2 rings (SSSR count). The minimum atomic E-state index is -4.30. The second kappa shape index (κ2) is 6.59. The topological polar surface area (TPSA) is 26.0 Å². The van der Waals surface area contributed by atoms with Gasteiger partial charge in [0.25, 0.3) is 0 Å². The molecule has 2 aromatic carbocycles. The molecule has 0 aliphatic heterocycles. The smallest absolute Gasteiger partial charge is 0.322 e. The number of rotatable bonds is 4. The lowest BCUT2D eigenvalue weighted by Crippen LogP contribution is -2.31. The van der Waals surface area contributed by atoms with Crippen LogP contribution in [0.3, 0.4) is 0 Å². The van der Waals surface area contributed by atoms with Gasteiger partial charge in [0.2, 0.25) is 0 Å². The van der Waals surface area contributed by atoms with E-state index in [9.17, 15) is 13.2 Å². The van der Waals surface area contributed by atoms with E-state index in [2.05, 4.69) is 0 Å². The average molecular weight is 319 g/mol. The van der Waals surface area contributed by atoms with Gasteiger partial charge in [-0.2, -0.15) is 13.2 Å². The zero-order chi connectivity index (χ0) is 17.1. The van der Waals surface area contributed by atoms with E-state index >= 15 is 0 Å². The third kappa shape index (κ3) is 4.45. The summed E-state index contributed by atoms with van der Waals surface area (Å²) in [7, 11) is 0. The standard InChI is InChI=1S/C19H20F3N/c1-3-18(2,23)16-10-6-14(7-11-16)4-5-15-8-12-17(13-9-15)19(20,21)22/h4-13H,3,23H2,1-2H3/b5-4+. The maximum absolute atomic E-state index is 12.5. The van der Waals surface area contributed by atoms with E-state index in [0.29, 0.717) is 0 Å². The molecular weight excluding hydrogens is 299 g/mol. The molecule has 2 N–H and O–H groups in total. The SMILES string of the molecule is CCC(C)(N)c1ccc(/C=C/c2ccc(C(F)(F)F)cc2)cc1. The summed E-state index contributed by atoms with van der Waals surface area (Å²) in [5.74, 6) is 0. The number of hydrogen-bond acceptors (Lipinski definition) is 1. The van der Waals surface area contributed by atoms with Crippen LogP contribution in [0.15, 0.2) is 48.5 Å². The van der Waals surface area contributed by atoms with E-state index in [1.807, 2.05) is 44.2 Å². The average Bonchev–Trinajstić information content (AvgIpc) is 2.53. The Bertz CT molecular complexity index is 665. The molecule has 0 saturated heterocycles. The quantitative estimate of drug-likeness (QED) is 0.744. The van der Waals surface area contributed by atoms with Crippen LogP contribution in [-0.4, -0.2) is 0 Å². The minimum Gasteiger partial charge on any atom is -0.322 e. The van der Waals surface area contributed by atoms with Crippen LogP contribution in [0.5, 0.6) is 0 Å². The number of benzene rings is 2. The van der Waals surface area contributed by atoms with Crippen molar-refractivity contribution in [1.82, 2.24) is 0 Å². The van der Waals surface area contributed by atoms with Gasteiger partial charge in [-0.25, -0.2) is 0 Å². The molecule has 0 fully saturated rings. The second-order valence-corrected chi connectivity index (χ2v) is 5.85. The molecule has 0 aromatic heterocycles. The fraction of sp³-hybridized carbons (Fsp3) is 0.263. The van der Waals surface area contributed by atoms with Crippen molar-refractivity contribution in [2.45, 2.75) is 32.0 Å². The molecule has 2 aromatic rings. The van der Waals surface area contributed by atoms with E-state index in [0.717, 1.165) is 35.2 Å². The normalized spacial score (nSPS) is 14.9. The van der Waals surface area contributed by atoms with Crippen LogP contribution in [-0.2, 0) is 11.7 Å². The summed E-state index contributed by atoms with van der Waals surface area (Å²) in [6.07, 6.45) is 0.197. The van der Waals surface area contributed by atoms with Crippen molar-refractivity contribution in [3.63, 3.8) is 0 Å². The molecule has 0 aliphatic rings. The molecule has 0 amide bonds. The van der Waals surface area contributed by atoms with Gasteiger partial charge in [0, 0.05) is 5.54 Å². The van der Waals surface area contributed by atoms with Crippen molar-refractivity contribution in [2.75, 3.05) is 0 Å². The molecule has 0 saturated carbocycles. The van der Waals surface area contributed by atoms with Crippen LogP contribution in [0.25, 0.3) is 12.2 Å². The van der Waals surface area contributed by atoms with Crippen LogP contribution in [0.4, 0.5) is 13.2 Å². The van der Waals surface area contributed by atoms with Crippen LogP contribution >= 0.6 is 0 Å². The summed E-state index contributed by atoms with van der Waals surface area (Å²) >= 11 is 0. The Labute approximate surface area is 134 Å². The summed E-state index contributed by atoms with van der Waals surface area (Å²) < 4.78 is 37.5. The number of halogens is 3. The lowest BCUT2D eigenvalue weighted by molar-refractivity contribution is -0.137. The molecule has 0 spiro atoms. The summed E-state index contributed by atoms with van der Waals surface area (Å²) in [6.45, 7) is 4.03. The van der Waals surface area contributed by atoms with E-state index in [4.69, 9.17) is 5.73 Å². The molecular formula is C19H20F3N. The van der Waals surface area contributed by atoms with Crippen LogP contribution < -0.4 is 5.73 Å². The van der Waals surface area contributed by atoms with Crippen molar-refractivity contribution in [3.8, 4) is 0 Å². The number of hydrogen-bond donors (Lipinski definition) is 1. The van der Waals surface area contributed by atoms with Crippen molar-refractivity contribution in [1.29, 1.82) is 0 Å². The van der Waals surface area contributed by atoms with Crippen molar-refractivity contribution in [2.24, 2.45) is 5.73 Å². The van der Waals surface area contributed by atoms with E-state index in [1.54, 1.807) is 6.08 Å². The Morgan fingerprint density at radius 1 is 0.826 bits per heavy atom. The zero-order valence-corrected chi connectivity index (χ0v) is 13.2. The molecule has 4 heteroatoms. The van der Waals surface area contributed by atoms with Gasteiger partial charge in [-0.15, -0.1) is 0 Å². The molecule has 0 bridgehead atoms. The second-order valence-electron chi connectivity index (χ2n) is 5.85. The van der Waals surface area contributed by atoms with Crippen molar-refractivity contribution < 1.29 is 13.2 Å². The molecule has 1 atom stereocenters. The predicted molar refractivity (Wildman–Crippen MR) is 88.6 cm³/mol. The first kappa shape index (κ1) is 17.3. The number of nitrogens with two attached hydrogens (primary N) is 1. The fourth-order valence-electron chi connectivity index (χ4n) is 2.15. The van der Waals surface area contributed by atoms with E-state index < -0.39 is 11.7 Å². The van der Waals surface area contributed by atoms with Crippen LogP contribution in [0.1, 0.15) is 42.5 Å². The largest absolute Gasteiger partial charge is 0.416 e. The Balaban J connectivity index is 2.11. The Hall–Kier alpha value is -2.07. The van der Waals surface area contributed by atoms with Crippen LogP contribution in [0.2, 0.25) is 0 Å². The highest BCUT2D eigenvalue weighted by Crippen LogP contribution is 2.29. The Kier molecular flexibility index (Phi) is 4.95. The molecule has 23 heavy (non-hydrogen) atoms. The summed E-state index contributed by atoms with van der Waals surface area (Å²) in [5.41, 5.74) is 7.96. The highest BCUT2D eigenvalue weighted by Gasteiger charge is 2.29. The van der Waals surface area contributed by atoms with Crippen molar-refractivity contribution in [3.05, 3.63) is 70.8 Å². The summed E-state index contributed by atoms with van der Waals surface area (Å²) in [6, 6.07) is 13.0. The molecule has 0 heterocycles. The van der Waals surface area contributed by atoms with Gasteiger partial charge in [-0.3, -0.25) is 0 Å². The zero-order valence-electron chi connectivity index (χ0n) is 13.2.